The Hall–Kier alpha value is -2.13. The van der Waals surface area contributed by atoms with Crippen LogP contribution in [-0.4, -0.2) is 25.2 Å². The number of carbonyl (C=O) groups excluding carboxylic acids is 1. The van der Waals surface area contributed by atoms with Crippen LogP contribution in [0.1, 0.15) is 19.4 Å². The molecule has 0 spiro atoms. The normalized spacial score (nSPS) is 10.7. The molecule has 0 atom stereocenters. The van der Waals surface area contributed by atoms with Crippen LogP contribution in [0.4, 0.5) is 5.69 Å². The minimum absolute atomic E-state index is 0.00531. The van der Waals surface area contributed by atoms with E-state index in [1.807, 2.05) is 62.4 Å². The number of nitrogens with zero attached hydrogens (tertiary/aromatic N) is 1. The number of para-hydroxylation sites is 1. The van der Waals surface area contributed by atoms with E-state index in [2.05, 4.69) is 12.1 Å². The van der Waals surface area contributed by atoms with Gasteiger partial charge in [-0.05, 0) is 38.0 Å². The Morgan fingerprint density at radius 3 is 2.18 bits per heavy atom. The Bertz CT molecular complexity index is 567. The molecular formula is C19H23NO2. The van der Waals surface area contributed by atoms with Gasteiger partial charge in [-0.25, -0.2) is 0 Å². The summed E-state index contributed by atoms with van der Waals surface area (Å²) in [7, 11) is 0. The first-order valence-corrected chi connectivity index (χ1v) is 7.67. The third-order valence-electron chi connectivity index (χ3n) is 3.42. The molecule has 2 rings (SSSR count). The van der Waals surface area contributed by atoms with Gasteiger partial charge >= 0.3 is 0 Å². The van der Waals surface area contributed by atoms with Crippen molar-refractivity contribution in [2.75, 3.05) is 18.1 Å². The summed E-state index contributed by atoms with van der Waals surface area (Å²) in [6.07, 6.45) is 0.821. The van der Waals surface area contributed by atoms with Gasteiger partial charge in [0.15, 0.2) is 0 Å². The Morgan fingerprint density at radius 2 is 1.59 bits per heavy atom. The molecule has 0 unspecified atom stereocenters. The molecule has 0 aliphatic rings. The molecule has 0 aliphatic heterocycles. The highest BCUT2D eigenvalue weighted by Gasteiger charge is 2.18. The number of ether oxygens (including phenoxy) is 1. The molecule has 0 saturated carbocycles. The first-order valence-electron chi connectivity index (χ1n) is 7.67. The third kappa shape index (κ3) is 4.71. The van der Waals surface area contributed by atoms with E-state index < -0.39 is 0 Å². The second-order valence-corrected chi connectivity index (χ2v) is 5.48. The van der Waals surface area contributed by atoms with E-state index in [-0.39, 0.29) is 18.6 Å². The van der Waals surface area contributed by atoms with Crippen LogP contribution in [0.2, 0.25) is 0 Å². The molecule has 0 saturated heterocycles. The average Bonchev–Trinajstić information content (AvgIpc) is 2.53. The lowest BCUT2D eigenvalue weighted by atomic mass is 10.2. The van der Waals surface area contributed by atoms with Crippen LogP contribution < -0.4 is 4.90 Å². The summed E-state index contributed by atoms with van der Waals surface area (Å²) in [6.45, 7) is 4.68. The molecule has 2 aromatic rings. The summed E-state index contributed by atoms with van der Waals surface area (Å²) in [5.41, 5.74) is 2.13. The van der Waals surface area contributed by atoms with E-state index in [1.165, 1.54) is 5.56 Å². The lowest BCUT2D eigenvalue weighted by Crippen LogP contribution is -2.39. The maximum atomic E-state index is 12.4. The first-order chi connectivity index (χ1) is 10.7. The standard InChI is InChI=1S/C19H23NO2/c1-16(2)20(18-11-7-4-8-12-18)19(21)15-22-14-13-17-9-5-3-6-10-17/h3-12,16H,13-15H2,1-2H3. The van der Waals surface area contributed by atoms with E-state index in [0.717, 1.165) is 12.1 Å². The van der Waals surface area contributed by atoms with Crippen molar-refractivity contribution in [1.29, 1.82) is 0 Å². The topological polar surface area (TPSA) is 29.5 Å². The highest BCUT2D eigenvalue weighted by atomic mass is 16.5. The molecule has 116 valence electrons. The lowest BCUT2D eigenvalue weighted by Gasteiger charge is -2.26. The predicted octanol–water partition coefficient (Wildman–Crippen LogP) is 3.69. The number of anilines is 1. The van der Waals surface area contributed by atoms with Gasteiger partial charge < -0.3 is 9.64 Å². The van der Waals surface area contributed by atoms with E-state index in [1.54, 1.807) is 4.90 Å². The number of carbonyl (C=O) groups is 1. The minimum Gasteiger partial charge on any atom is -0.371 e. The maximum absolute atomic E-state index is 12.4. The first kappa shape index (κ1) is 16.2. The van der Waals surface area contributed by atoms with Gasteiger partial charge in [-0.1, -0.05) is 48.5 Å². The zero-order valence-electron chi connectivity index (χ0n) is 13.2. The zero-order valence-corrected chi connectivity index (χ0v) is 13.2. The predicted molar refractivity (Wildman–Crippen MR) is 90.0 cm³/mol. The Kier molecular flexibility index (Phi) is 6.16. The van der Waals surface area contributed by atoms with Crippen LogP contribution in [0.5, 0.6) is 0 Å². The monoisotopic (exact) mass is 297 g/mol. The molecule has 0 aromatic heterocycles. The summed E-state index contributed by atoms with van der Waals surface area (Å²) in [6, 6.07) is 20.0. The van der Waals surface area contributed by atoms with Gasteiger partial charge in [0.25, 0.3) is 5.91 Å². The number of rotatable bonds is 7. The van der Waals surface area contributed by atoms with Crippen molar-refractivity contribution < 1.29 is 9.53 Å². The van der Waals surface area contributed by atoms with E-state index in [4.69, 9.17) is 4.74 Å². The van der Waals surface area contributed by atoms with Gasteiger partial charge in [0.05, 0.1) is 6.61 Å². The summed E-state index contributed by atoms with van der Waals surface area (Å²) in [5.74, 6) is -0.00531. The maximum Gasteiger partial charge on any atom is 0.253 e. The van der Waals surface area contributed by atoms with E-state index in [0.29, 0.717) is 6.61 Å². The van der Waals surface area contributed by atoms with Gasteiger partial charge in [0.1, 0.15) is 6.61 Å². The van der Waals surface area contributed by atoms with Gasteiger partial charge in [-0.15, -0.1) is 0 Å². The quantitative estimate of drug-likeness (QED) is 0.730. The van der Waals surface area contributed by atoms with Crippen molar-refractivity contribution in [1.82, 2.24) is 0 Å². The smallest absolute Gasteiger partial charge is 0.253 e. The zero-order chi connectivity index (χ0) is 15.8. The fraction of sp³-hybridized carbons (Fsp3) is 0.316. The largest absolute Gasteiger partial charge is 0.371 e. The molecule has 0 N–H and O–H groups in total. The van der Waals surface area contributed by atoms with E-state index >= 15 is 0 Å². The van der Waals surface area contributed by atoms with Gasteiger partial charge in [-0.3, -0.25) is 4.79 Å². The average molecular weight is 297 g/mol. The van der Waals surface area contributed by atoms with Gasteiger partial charge in [-0.2, -0.15) is 0 Å². The summed E-state index contributed by atoms with van der Waals surface area (Å²) < 4.78 is 5.56. The van der Waals surface area contributed by atoms with E-state index in [9.17, 15) is 4.79 Å². The van der Waals surface area contributed by atoms with Gasteiger partial charge in [0, 0.05) is 11.7 Å². The number of amides is 1. The van der Waals surface area contributed by atoms with Crippen LogP contribution in [0, 0.1) is 0 Å². The minimum atomic E-state index is -0.00531. The summed E-state index contributed by atoms with van der Waals surface area (Å²) >= 11 is 0. The van der Waals surface area contributed by atoms with Crippen molar-refractivity contribution in [3.8, 4) is 0 Å². The summed E-state index contributed by atoms with van der Waals surface area (Å²) in [4.78, 5) is 14.2. The molecule has 3 heteroatoms. The molecule has 0 heterocycles. The second kappa shape index (κ2) is 8.35. The van der Waals surface area contributed by atoms with Crippen LogP contribution in [-0.2, 0) is 16.0 Å². The third-order valence-corrected chi connectivity index (χ3v) is 3.42. The highest BCUT2D eigenvalue weighted by molar-refractivity contribution is 5.94. The SMILES string of the molecule is CC(C)N(C(=O)COCCc1ccccc1)c1ccccc1. The molecule has 0 radical (unpaired) electrons. The van der Waals surface area contributed by atoms with Crippen LogP contribution in [0.25, 0.3) is 0 Å². The van der Waals surface area contributed by atoms with Crippen LogP contribution in [0.15, 0.2) is 60.7 Å². The second-order valence-electron chi connectivity index (χ2n) is 5.48. The molecular weight excluding hydrogens is 274 g/mol. The molecule has 0 bridgehead atoms. The van der Waals surface area contributed by atoms with Crippen LogP contribution >= 0.6 is 0 Å². The molecule has 2 aromatic carbocycles. The van der Waals surface area contributed by atoms with Crippen molar-refractivity contribution in [3.63, 3.8) is 0 Å². The fourth-order valence-corrected chi connectivity index (χ4v) is 2.38. The Morgan fingerprint density at radius 1 is 1.00 bits per heavy atom. The molecule has 1 amide bonds. The molecule has 22 heavy (non-hydrogen) atoms. The molecule has 3 nitrogen and oxygen atoms in total. The number of hydrogen-bond donors (Lipinski definition) is 0. The Balaban J connectivity index is 1.84. The number of hydrogen-bond acceptors (Lipinski definition) is 2. The fourth-order valence-electron chi connectivity index (χ4n) is 2.38. The molecule has 0 fully saturated rings. The van der Waals surface area contributed by atoms with Crippen LogP contribution in [0.3, 0.4) is 0 Å². The van der Waals surface area contributed by atoms with Crippen molar-refractivity contribution in [2.45, 2.75) is 26.3 Å². The lowest BCUT2D eigenvalue weighted by molar-refractivity contribution is -0.123. The summed E-state index contributed by atoms with van der Waals surface area (Å²) in [5, 5.41) is 0. The van der Waals surface area contributed by atoms with Crippen molar-refractivity contribution >= 4 is 11.6 Å². The number of benzene rings is 2. The Labute approximate surface area is 132 Å². The van der Waals surface area contributed by atoms with Crippen molar-refractivity contribution in [3.05, 3.63) is 66.2 Å². The molecule has 0 aliphatic carbocycles. The van der Waals surface area contributed by atoms with Crippen molar-refractivity contribution in [2.24, 2.45) is 0 Å². The highest BCUT2D eigenvalue weighted by Crippen LogP contribution is 2.16. The van der Waals surface area contributed by atoms with Gasteiger partial charge in [0.2, 0.25) is 0 Å².